The number of carbonyl (C=O) groups excluding carboxylic acids is 1. The van der Waals surface area contributed by atoms with Crippen molar-refractivity contribution >= 4 is 17.7 Å². The maximum absolute atomic E-state index is 13.1. The lowest BCUT2D eigenvalue weighted by Crippen LogP contribution is -2.47. The summed E-state index contributed by atoms with van der Waals surface area (Å²) < 4.78 is 0.314. The van der Waals surface area contributed by atoms with E-state index >= 15 is 0 Å². The number of amides is 1. The van der Waals surface area contributed by atoms with Crippen molar-refractivity contribution in [2.24, 2.45) is 5.92 Å². The minimum atomic E-state index is -0.215. The normalized spacial score (nSPS) is 31.0. The van der Waals surface area contributed by atoms with Gasteiger partial charge in [0, 0.05) is 11.3 Å². The van der Waals surface area contributed by atoms with Gasteiger partial charge < -0.3 is 4.90 Å². The Morgan fingerprint density at radius 1 is 1.19 bits per heavy atom. The topological polar surface area (TPSA) is 32.3 Å². The van der Waals surface area contributed by atoms with Gasteiger partial charge in [0.15, 0.2) is 0 Å². The molecule has 0 aromatic rings. The van der Waals surface area contributed by atoms with Gasteiger partial charge in [-0.15, -0.1) is 0 Å². The molecular formula is C17H30N2OS. The molecule has 21 heavy (non-hydrogen) atoms. The highest BCUT2D eigenvalue weighted by atomic mass is 32.2. The molecule has 0 bridgehead atoms. The second-order valence-electron chi connectivity index (χ2n) is 7.65. The van der Waals surface area contributed by atoms with Gasteiger partial charge in [-0.3, -0.25) is 10.1 Å². The molecule has 0 radical (unpaired) electrons. The van der Waals surface area contributed by atoms with Crippen molar-refractivity contribution < 1.29 is 4.79 Å². The van der Waals surface area contributed by atoms with Crippen molar-refractivity contribution in [3.8, 4) is 0 Å². The lowest BCUT2D eigenvalue weighted by molar-refractivity contribution is -0.133. The smallest absolute Gasteiger partial charge is 0.244 e. The van der Waals surface area contributed by atoms with E-state index in [0.717, 1.165) is 19.4 Å². The molecular weight excluding hydrogens is 280 g/mol. The first kappa shape index (κ1) is 15.7. The Labute approximate surface area is 133 Å². The molecule has 3 aliphatic rings. The van der Waals surface area contributed by atoms with E-state index in [1.54, 1.807) is 0 Å². The van der Waals surface area contributed by atoms with Crippen molar-refractivity contribution in [3.63, 3.8) is 0 Å². The van der Waals surface area contributed by atoms with Gasteiger partial charge >= 0.3 is 0 Å². The molecule has 0 aromatic carbocycles. The van der Waals surface area contributed by atoms with E-state index in [-0.39, 0.29) is 11.7 Å². The van der Waals surface area contributed by atoms with Crippen LogP contribution in [0.2, 0.25) is 0 Å². The van der Waals surface area contributed by atoms with Crippen LogP contribution in [0.15, 0.2) is 0 Å². The van der Waals surface area contributed by atoms with Crippen molar-refractivity contribution in [1.82, 2.24) is 10.2 Å². The van der Waals surface area contributed by atoms with Gasteiger partial charge in [0.25, 0.3) is 0 Å². The summed E-state index contributed by atoms with van der Waals surface area (Å²) in [6, 6.07) is 0. The fourth-order valence-electron chi connectivity index (χ4n) is 4.61. The zero-order valence-electron chi connectivity index (χ0n) is 13.8. The van der Waals surface area contributed by atoms with Gasteiger partial charge in [0.05, 0.1) is 11.7 Å². The Morgan fingerprint density at radius 2 is 1.76 bits per heavy atom. The van der Waals surface area contributed by atoms with Crippen LogP contribution in [0.4, 0.5) is 0 Å². The minimum absolute atomic E-state index is 0.215. The summed E-state index contributed by atoms with van der Waals surface area (Å²) in [6.45, 7) is 5.43. The molecule has 120 valence electrons. The maximum Gasteiger partial charge on any atom is 0.244 e. The van der Waals surface area contributed by atoms with Crippen LogP contribution in [0.1, 0.15) is 65.2 Å². The summed E-state index contributed by atoms with van der Waals surface area (Å²) in [5.41, 5.74) is -0.215. The third kappa shape index (κ3) is 2.63. The van der Waals surface area contributed by atoms with Crippen LogP contribution in [-0.4, -0.2) is 40.1 Å². The lowest BCUT2D eigenvalue weighted by atomic mass is 9.97. The fraction of sp³-hybridized carbons (Fsp3) is 0.941. The predicted molar refractivity (Wildman–Crippen MR) is 89.4 cm³/mol. The molecule has 2 aliphatic carbocycles. The molecule has 0 aromatic heterocycles. The van der Waals surface area contributed by atoms with Gasteiger partial charge in [-0.25, -0.2) is 0 Å². The quantitative estimate of drug-likeness (QED) is 0.864. The van der Waals surface area contributed by atoms with Gasteiger partial charge in [-0.2, -0.15) is 11.8 Å². The molecule has 3 rings (SSSR count). The summed E-state index contributed by atoms with van der Waals surface area (Å²) in [7, 11) is 0. The molecule has 1 N–H and O–H groups in total. The zero-order chi connectivity index (χ0) is 15.1. The summed E-state index contributed by atoms with van der Waals surface area (Å²) in [6.07, 6.45) is 12.1. The molecule has 1 heterocycles. The molecule has 3 fully saturated rings. The minimum Gasteiger partial charge on any atom is -0.324 e. The van der Waals surface area contributed by atoms with Gasteiger partial charge in [0.2, 0.25) is 5.91 Å². The maximum atomic E-state index is 13.1. The number of hydrogen-bond donors (Lipinski definition) is 1. The van der Waals surface area contributed by atoms with E-state index in [0.29, 0.717) is 16.6 Å². The lowest BCUT2D eigenvalue weighted by Gasteiger charge is -2.36. The fourth-order valence-corrected chi connectivity index (χ4v) is 5.58. The van der Waals surface area contributed by atoms with E-state index in [1.807, 2.05) is 11.8 Å². The number of carbonyl (C=O) groups is 1. The molecule has 2 saturated carbocycles. The predicted octanol–water partition coefficient (Wildman–Crippen LogP) is 3.39. The first-order valence-corrected chi connectivity index (χ1v) is 9.88. The number of nitrogens with zero attached hydrogens (tertiary/aromatic N) is 1. The summed E-state index contributed by atoms with van der Waals surface area (Å²) in [5.74, 6) is 0.883. The average Bonchev–Trinajstić information content (AvgIpc) is 3.17. The summed E-state index contributed by atoms with van der Waals surface area (Å²) >= 11 is 1.99. The van der Waals surface area contributed by atoms with Crippen LogP contribution in [0.3, 0.4) is 0 Å². The first-order valence-electron chi connectivity index (χ1n) is 8.66. The van der Waals surface area contributed by atoms with E-state index < -0.39 is 0 Å². The highest BCUT2D eigenvalue weighted by Crippen LogP contribution is 2.44. The highest BCUT2D eigenvalue weighted by Gasteiger charge is 2.54. The summed E-state index contributed by atoms with van der Waals surface area (Å²) in [5, 5.41) is 3.75. The van der Waals surface area contributed by atoms with Crippen LogP contribution in [0, 0.1) is 5.92 Å². The molecule has 1 atom stereocenters. The monoisotopic (exact) mass is 310 g/mol. The molecule has 1 unspecified atom stereocenters. The SMILES string of the molecule is CSC1(CN2C(=O)C3(CCCC3)NC2C(C)C)CCCC1. The van der Waals surface area contributed by atoms with Gasteiger partial charge in [0.1, 0.15) is 0 Å². The van der Waals surface area contributed by atoms with E-state index in [4.69, 9.17) is 0 Å². The molecule has 4 heteroatoms. The second kappa shape index (κ2) is 5.77. The largest absolute Gasteiger partial charge is 0.324 e. The zero-order valence-corrected chi connectivity index (χ0v) is 14.6. The molecule has 3 nitrogen and oxygen atoms in total. The Morgan fingerprint density at radius 3 is 2.29 bits per heavy atom. The number of hydrogen-bond acceptors (Lipinski definition) is 3. The standard InChI is InChI=1S/C17H30N2OS/c1-13(2)14-18-17(10-6-7-11-17)15(20)19(14)12-16(21-3)8-4-5-9-16/h13-14,18H,4-12H2,1-3H3. The second-order valence-corrected chi connectivity index (χ2v) is 8.92. The van der Waals surface area contributed by atoms with Crippen LogP contribution in [0.5, 0.6) is 0 Å². The third-order valence-electron chi connectivity index (χ3n) is 5.93. The number of nitrogens with one attached hydrogen (secondary N) is 1. The molecule has 1 aliphatic heterocycles. The number of thioether (sulfide) groups is 1. The van der Waals surface area contributed by atoms with Crippen molar-refractivity contribution in [2.45, 2.75) is 81.7 Å². The number of rotatable bonds is 4. The van der Waals surface area contributed by atoms with E-state index in [1.165, 1.54) is 38.5 Å². The van der Waals surface area contributed by atoms with E-state index in [9.17, 15) is 4.79 Å². The van der Waals surface area contributed by atoms with Crippen molar-refractivity contribution in [3.05, 3.63) is 0 Å². The Kier molecular flexibility index (Phi) is 4.30. The van der Waals surface area contributed by atoms with Crippen LogP contribution in [0.25, 0.3) is 0 Å². The van der Waals surface area contributed by atoms with Gasteiger partial charge in [-0.1, -0.05) is 39.5 Å². The Balaban J connectivity index is 1.82. The third-order valence-corrected chi connectivity index (χ3v) is 7.33. The van der Waals surface area contributed by atoms with Gasteiger partial charge in [-0.05, 0) is 37.9 Å². The summed E-state index contributed by atoms with van der Waals surface area (Å²) in [4.78, 5) is 15.4. The molecule has 1 amide bonds. The molecule has 1 spiro atoms. The van der Waals surface area contributed by atoms with Crippen molar-refractivity contribution in [1.29, 1.82) is 0 Å². The average molecular weight is 311 g/mol. The highest BCUT2D eigenvalue weighted by molar-refractivity contribution is 8.00. The first-order chi connectivity index (χ1) is 10.0. The van der Waals surface area contributed by atoms with Crippen LogP contribution in [-0.2, 0) is 4.79 Å². The molecule has 1 saturated heterocycles. The van der Waals surface area contributed by atoms with Crippen LogP contribution < -0.4 is 5.32 Å². The Bertz CT molecular complexity index is 398. The van der Waals surface area contributed by atoms with Crippen LogP contribution >= 0.6 is 11.8 Å². The van der Waals surface area contributed by atoms with E-state index in [2.05, 4.69) is 30.3 Å². The Hall–Kier alpha value is -0.220. The van der Waals surface area contributed by atoms with Crippen molar-refractivity contribution in [2.75, 3.05) is 12.8 Å².